The number of nitrogens with one attached hydrogen (secondary N) is 1. The number of rotatable bonds is 6. The Balaban J connectivity index is 2.10. The maximum Gasteiger partial charge on any atom is 0.143 e. The molecule has 0 spiro atoms. The van der Waals surface area contributed by atoms with E-state index >= 15 is 0 Å². The van der Waals surface area contributed by atoms with E-state index in [1.54, 1.807) is 19.2 Å². The molecule has 1 N–H and O–H groups in total. The fourth-order valence-corrected chi connectivity index (χ4v) is 2.02. The third-order valence-electron chi connectivity index (χ3n) is 3.03. The van der Waals surface area contributed by atoms with E-state index in [1.807, 2.05) is 23.0 Å². The molecule has 2 rings (SSSR count). The van der Waals surface area contributed by atoms with Crippen LogP contribution in [0.5, 0.6) is 5.75 Å². The molecule has 104 valence electrons. The molecule has 1 aromatic heterocycles. The van der Waals surface area contributed by atoms with E-state index < -0.39 is 0 Å². The van der Waals surface area contributed by atoms with Gasteiger partial charge >= 0.3 is 0 Å². The minimum absolute atomic E-state index is 0.587. The number of aromatic nitrogens is 2. The highest BCUT2D eigenvalue weighted by molar-refractivity contribution is 5.59. The van der Waals surface area contributed by atoms with Crippen molar-refractivity contribution in [3.05, 3.63) is 41.7 Å². The number of nitriles is 1. The first-order valence-corrected chi connectivity index (χ1v) is 6.61. The van der Waals surface area contributed by atoms with Gasteiger partial charge in [0.15, 0.2) is 0 Å². The Morgan fingerprint density at radius 1 is 1.40 bits per heavy atom. The van der Waals surface area contributed by atoms with Gasteiger partial charge in [-0.25, -0.2) is 0 Å². The molecule has 0 unspecified atom stereocenters. The molecule has 0 aliphatic carbocycles. The molecule has 1 aromatic carbocycles. The van der Waals surface area contributed by atoms with E-state index in [4.69, 9.17) is 10.00 Å². The quantitative estimate of drug-likeness (QED) is 0.876. The zero-order valence-corrected chi connectivity index (χ0v) is 11.8. The molecule has 0 radical (unpaired) electrons. The first-order chi connectivity index (χ1) is 9.78. The lowest BCUT2D eigenvalue weighted by molar-refractivity contribution is 0.416. The van der Waals surface area contributed by atoms with Gasteiger partial charge < -0.3 is 10.1 Å². The van der Waals surface area contributed by atoms with Crippen LogP contribution in [0.15, 0.2) is 30.5 Å². The first kappa shape index (κ1) is 13.9. The lowest BCUT2D eigenvalue weighted by Crippen LogP contribution is -2.09. The lowest BCUT2D eigenvalue weighted by Gasteiger charge is -2.12. The van der Waals surface area contributed by atoms with Crippen molar-refractivity contribution in [2.75, 3.05) is 12.4 Å². The number of methoxy groups -OCH3 is 1. The number of nitrogens with zero attached hydrogens (tertiary/aromatic N) is 3. The highest BCUT2D eigenvalue weighted by Gasteiger charge is 2.06. The molecule has 5 nitrogen and oxygen atoms in total. The molecule has 0 atom stereocenters. The fraction of sp³-hybridized carbons (Fsp3) is 0.333. The summed E-state index contributed by atoms with van der Waals surface area (Å²) < 4.78 is 7.29. The van der Waals surface area contributed by atoms with E-state index in [9.17, 15) is 0 Å². The van der Waals surface area contributed by atoms with Gasteiger partial charge in [-0.15, -0.1) is 0 Å². The van der Waals surface area contributed by atoms with Gasteiger partial charge in [0.2, 0.25) is 0 Å². The Kier molecular flexibility index (Phi) is 4.61. The van der Waals surface area contributed by atoms with Crippen LogP contribution >= 0.6 is 0 Å². The molecule has 1 heterocycles. The molecule has 0 fully saturated rings. The molecular weight excluding hydrogens is 252 g/mol. The van der Waals surface area contributed by atoms with Crippen molar-refractivity contribution in [3.8, 4) is 11.8 Å². The Hall–Kier alpha value is -2.48. The summed E-state index contributed by atoms with van der Waals surface area (Å²) in [5, 5.41) is 16.5. The molecule has 0 aliphatic rings. The van der Waals surface area contributed by atoms with Crippen LogP contribution in [0, 0.1) is 11.3 Å². The van der Waals surface area contributed by atoms with Crippen LogP contribution < -0.4 is 10.1 Å². The fourth-order valence-electron chi connectivity index (χ4n) is 2.02. The van der Waals surface area contributed by atoms with Gasteiger partial charge in [-0.05, 0) is 24.6 Å². The van der Waals surface area contributed by atoms with Crippen LogP contribution in [-0.4, -0.2) is 16.9 Å². The van der Waals surface area contributed by atoms with Crippen LogP contribution in [0.1, 0.15) is 24.6 Å². The summed E-state index contributed by atoms with van der Waals surface area (Å²) >= 11 is 0. The monoisotopic (exact) mass is 270 g/mol. The van der Waals surface area contributed by atoms with Crippen LogP contribution in [0.4, 0.5) is 5.69 Å². The molecule has 2 aromatic rings. The smallest absolute Gasteiger partial charge is 0.143 e. The Labute approximate surface area is 118 Å². The van der Waals surface area contributed by atoms with Crippen molar-refractivity contribution in [2.24, 2.45) is 0 Å². The number of anilines is 1. The van der Waals surface area contributed by atoms with Crippen LogP contribution in [-0.2, 0) is 13.1 Å². The van der Waals surface area contributed by atoms with Crippen molar-refractivity contribution in [3.63, 3.8) is 0 Å². The van der Waals surface area contributed by atoms with Gasteiger partial charge in [-0.3, -0.25) is 4.68 Å². The second-order valence-corrected chi connectivity index (χ2v) is 4.43. The summed E-state index contributed by atoms with van der Waals surface area (Å²) in [4.78, 5) is 0. The third-order valence-corrected chi connectivity index (χ3v) is 3.03. The maximum atomic E-state index is 8.89. The summed E-state index contributed by atoms with van der Waals surface area (Å²) in [7, 11) is 1.60. The Bertz CT molecular complexity index is 613. The summed E-state index contributed by atoms with van der Waals surface area (Å²) in [6, 6.07) is 9.46. The number of ether oxygens (including phenoxy) is 1. The van der Waals surface area contributed by atoms with Crippen molar-refractivity contribution in [1.29, 1.82) is 5.26 Å². The number of hydrogen-bond acceptors (Lipinski definition) is 4. The largest absolute Gasteiger partial charge is 0.495 e. The zero-order valence-electron chi connectivity index (χ0n) is 11.8. The summed E-state index contributed by atoms with van der Waals surface area (Å²) in [6.45, 7) is 3.71. The zero-order chi connectivity index (χ0) is 14.4. The minimum atomic E-state index is 0.587. The standard InChI is InChI=1S/C15H18N4O/c1-3-8-19-13(6-7-18-19)11-17-14-5-4-12(10-16)9-15(14)20-2/h4-7,9,17H,3,8,11H2,1-2H3. The van der Waals surface area contributed by atoms with Gasteiger partial charge in [0, 0.05) is 18.8 Å². The molecule has 0 bridgehead atoms. The van der Waals surface area contributed by atoms with E-state index in [0.29, 0.717) is 17.9 Å². The molecule has 20 heavy (non-hydrogen) atoms. The summed E-state index contributed by atoms with van der Waals surface area (Å²) in [6.07, 6.45) is 2.86. The summed E-state index contributed by atoms with van der Waals surface area (Å²) in [5.41, 5.74) is 2.58. The van der Waals surface area contributed by atoms with Gasteiger partial charge in [-0.1, -0.05) is 6.92 Å². The third kappa shape index (κ3) is 3.09. The van der Waals surface area contributed by atoms with E-state index in [-0.39, 0.29) is 0 Å². The predicted octanol–water partition coefficient (Wildman–Crippen LogP) is 2.79. The minimum Gasteiger partial charge on any atom is -0.495 e. The van der Waals surface area contributed by atoms with Crippen LogP contribution in [0.2, 0.25) is 0 Å². The van der Waals surface area contributed by atoms with Gasteiger partial charge in [-0.2, -0.15) is 10.4 Å². The molecule has 0 amide bonds. The van der Waals surface area contributed by atoms with Gasteiger partial charge in [0.1, 0.15) is 5.75 Å². The molecular formula is C15H18N4O. The second kappa shape index (κ2) is 6.62. The number of benzene rings is 1. The van der Waals surface area contributed by atoms with Gasteiger partial charge in [0.25, 0.3) is 0 Å². The highest BCUT2D eigenvalue weighted by atomic mass is 16.5. The van der Waals surface area contributed by atoms with Crippen molar-refractivity contribution in [2.45, 2.75) is 26.4 Å². The SMILES string of the molecule is CCCn1nccc1CNc1ccc(C#N)cc1OC. The van der Waals surface area contributed by atoms with Crippen molar-refractivity contribution in [1.82, 2.24) is 9.78 Å². The first-order valence-electron chi connectivity index (χ1n) is 6.61. The molecule has 0 saturated heterocycles. The summed E-state index contributed by atoms with van der Waals surface area (Å²) in [5.74, 6) is 0.672. The Morgan fingerprint density at radius 3 is 2.95 bits per heavy atom. The van der Waals surface area contributed by atoms with Crippen molar-refractivity contribution >= 4 is 5.69 Å². The lowest BCUT2D eigenvalue weighted by atomic mass is 10.2. The van der Waals surface area contributed by atoms with Gasteiger partial charge in [0.05, 0.1) is 36.7 Å². The highest BCUT2D eigenvalue weighted by Crippen LogP contribution is 2.25. The maximum absolute atomic E-state index is 8.89. The molecule has 0 aliphatic heterocycles. The molecule has 0 saturated carbocycles. The Morgan fingerprint density at radius 2 is 2.25 bits per heavy atom. The second-order valence-electron chi connectivity index (χ2n) is 4.43. The number of aryl methyl sites for hydroxylation is 1. The predicted molar refractivity (Wildman–Crippen MR) is 77.6 cm³/mol. The van der Waals surface area contributed by atoms with E-state index in [1.165, 1.54) is 0 Å². The molecule has 5 heteroatoms. The normalized spacial score (nSPS) is 10.1. The average Bonchev–Trinajstić information content (AvgIpc) is 2.92. The van der Waals surface area contributed by atoms with E-state index in [2.05, 4.69) is 23.4 Å². The number of hydrogen-bond donors (Lipinski definition) is 1. The average molecular weight is 270 g/mol. The topological polar surface area (TPSA) is 62.9 Å². The van der Waals surface area contributed by atoms with Crippen molar-refractivity contribution < 1.29 is 4.74 Å². The van der Waals surface area contributed by atoms with Crippen LogP contribution in [0.3, 0.4) is 0 Å². The van der Waals surface area contributed by atoms with E-state index in [0.717, 1.165) is 24.3 Å². The van der Waals surface area contributed by atoms with Crippen LogP contribution in [0.25, 0.3) is 0 Å².